The van der Waals surface area contributed by atoms with Crippen LogP contribution in [0.5, 0.6) is 0 Å². The van der Waals surface area contributed by atoms with Crippen molar-refractivity contribution < 1.29 is 0 Å². The van der Waals surface area contributed by atoms with Crippen molar-refractivity contribution in [2.45, 2.75) is 0 Å². The minimum Gasteiger partial charge on any atom is -0.275 e. The van der Waals surface area contributed by atoms with Gasteiger partial charge in [-0.1, -0.05) is 12.1 Å². The lowest BCUT2D eigenvalue weighted by molar-refractivity contribution is 0.765. The van der Waals surface area contributed by atoms with E-state index >= 15 is 0 Å². The third kappa shape index (κ3) is 2.07. The molecule has 3 nitrogen and oxygen atoms in total. The first kappa shape index (κ1) is 8.69. The smallest absolute Gasteiger partial charge is 0.0850 e. The standard InChI is InChI=1S/C11H11N3/c1-14-8-6-11(13-14)5-4-10-3-2-7-12-9-10/h2-9H,1H3/b5-4+. The van der Waals surface area contributed by atoms with Gasteiger partial charge in [0.2, 0.25) is 0 Å². The number of aromatic nitrogens is 3. The predicted molar refractivity (Wildman–Crippen MR) is 56.4 cm³/mol. The third-order valence-corrected chi connectivity index (χ3v) is 1.87. The van der Waals surface area contributed by atoms with Crippen molar-refractivity contribution in [1.29, 1.82) is 0 Å². The van der Waals surface area contributed by atoms with Crippen LogP contribution in [-0.4, -0.2) is 14.8 Å². The summed E-state index contributed by atoms with van der Waals surface area (Å²) < 4.78 is 1.78. The summed E-state index contributed by atoms with van der Waals surface area (Å²) in [5.74, 6) is 0. The zero-order valence-electron chi connectivity index (χ0n) is 7.96. The molecule has 0 unspecified atom stereocenters. The molecule has 2 aromatic rings. The van der Waals surface area contributed by atoms with Crippen molar-refractivity contribution in [3.8, 4) is 0 Å². The first-order chi connectivity index (χ1) is 6.84. The van der Waals surface area contributed by atoms with E-state index in [1.807, 2.05) is 49.8 Å². The second-order valence-electron chi connectivity index (χ2n) is 3.03. The van der Waals surface area contributed by atoms with Crippen LogP contribution >= 0.6 is 0 Å². The Kier molecular flexibility index (Phi) is 2.40. The van der Waals surface area contributed by atoms with Crippen molar-refractivity contribution >= 4 is 12.2 Å². The highest BCUT2D eigenvalue weighted by Crippen LogP contribution is 2.04. The van der Waals surface area contributed by atoms with E-state index in [1.54, 1.807) is 10.9 Å². The molecular weight excluding hydrogens is 174 g/mol. The SMILES string of the molecule is Cn1ccc(/C=C/c2cccnc2)n1. The monoisotopic (exact) mass is 185 g/mol. The van der Waals surface area contributed by atoms with E-state index in [0.717, 1.165) is 11.3 Å². The van der Waals surface area contributed by atoms with Gasteiger partial charge in [0, 0.05) is 25.6 Å². The normalized spacial score (nSPS) is 10.9. The molecule has 0 radical (unpaired) electrons. The molecule has 0 amide bonds. The minimum absolute atomic E-state index is 0.955. The third-order valence-electron chi connectivity index (χ3n) is 1.87. The van der Waals surface area contributed by atoms with Crippen molar-refractivity contribution in [1.82, 2.24) is 14.8 Å². The molecule has 0 N–H and O–H groups in total. The summed E-state index contributed by atoms with van der Waals surface area (Å²) in [7, 11) is 1.90. The maximum atomic E-state index is 4.24. The molecule has 0 fully saturated rings. The Hall–Kier alpha value is -1.90. The molecular formula is C11H11N3. The van der Waals surface area contributed by atoms with Crippen LogP contribution < -0.4 is 0 Å². The van der Waals surface area contributed by atoms with Crippen molar-refractivity contribution in [2.24, 2.45) is 7.05 Å². The van der Waals surface area contributed by atoms with E-state index in [2.05, 4.69) is 10.1 Å². The number of hydrogen-bond donors (Lipinski definition) is 0. The van der Waals surface area contributed by atoms with Crippen LogP contribution in [0.1, 0.15) is 11.3 Å². The fourth-order valence-electron chi connectivity index (χ4n) is 1.18. The second kappa shape index (κ2) is 3.87. The van der Waals surface area contributed by atoms with Gasteiger partial charge in [0.25, 0.3) is 0 Å². The Morgan fingerprint density at radius 2 is 2.21 bits per heavy atom. The van der Waals surface area contributed by atoms with E-state index in [-0.39, 0.29) is 0 Å². The van der Waals surface area contributed by atoms with Gasteiger partial charge in [-0.3, -0.25) is 9.67 Å². The molecule has 0 aliphatic heterocycles. The molecule has 0 spiro atoms. The molecule has 0 aliphatic rings. The van der Waals surface area contributed by atoms with E-state index in [4.69, 9.17) is 0 Å². The first-order valence-corrected chi connectivity index (χ1v) is 4.42. The molecule has 3 heteroatoms. The molecule has 0 saturated heterocycles. The second-order valence-corrected chi connectivity index (χ2v) is 3.03. The Balaban J connectivity index is 2.15. The van der Waals surface area contributed by atoms with E-state index in [9.17, 15) is 0 Å². The molecule has 0 saturated carbocycles. The molecule has 14 heavy (non-hydrogen) atoms. The Morgan fingerprint density at radius 3 is 2.86 bits per heavy atom. The lowest BCUT2D eigenvalue weighted by Gasteiger charge is -1.89. The van der Waals surface area contributed by atoms with Gasteiger partial charge >= 0.3 is 0 Å². The summed E-state index contributed by atoms with van der Waals surface area (Å²) in [4.78, 5) is 4.03. The summed E-state index contributed by atoms with van der Waals surface area (Å²) in [5.41, 5.74) is 2.04. The van der Waals surface area contributed by atoms with Crippen molar-refractivity contribution in [3.63, 3.8) is 0 Å². The quantitative estimate of drug-likeness (QED) is 0.716. The number of pyridine rings is 1. The summed E-state index contributed by atoms with van der Waals surface area (Å²) in [6.45, 7) is 0. The van der Waals surface area contributed by atoms with E-state index < -0.39 is 0 Å². The van der Waals surface area contributed by atoms with Gasteiger partial charge in [-0.2, -0.15) is 5.10 Å². The van der Waals surface area contributed by atoms with Crippen molar-refractivity contribution in [2.75, 3.05) is 0 Å². The number of aryl methyl sites for hydroxylation is 1. The highest BCUT2D eigenvalue weighted by Gasteiger charge is 1.90. The lowest BCUT2D eigenvalue weighted by Crippen LogP contribution is -1.86. The largest absolute Gasteiger partial charge is 0.275 e. The van der Waals surface area contributed by atoms with Gasteiger partial charge in [-0.05, 0) is 23.8 Å². The number of nitrogens with zero attached hydrogens (tertiary/aromatic N) is 3. The summed E-state index contributed by atoms with van der Waals surface area (Å²) in [6.07, 6.45) is 9.47. The maximum absolute atomic E-state index is 4.24. The lowest BCUT2D eigenvalue weighted by atomic mass is 10.2. The van der Waals surface area contributed by atoms with Crippen LogP contribution in [0.15, 0.2) is 36.8 Å². The molecule has 0 atom stereocenters. The molecule has 2 heterocycles. The molecule has 0 aliphatic carbocycles. The fourth-order valence-corrected chi connectivity index (χ4v) is 1.18. The van der Waals surface area contributed by atoms with E-state index in [0.29, 0.717) is 0 Å². The number of rotatable bonds is 2. The van der Waals surface area contributed by atoms with Crippen molar-refractivity contribution in [3.05, 3.63) is 48.0 Å². The zero-order valence-corrected chi connectivity index (χ0v) is 7.96. The van der Waals surface area contributed by atoms with Gasteiger partial charge in [0.05, 0.1) is 5.69 Å². The molecule has 2 rings (SSSR count). The van der Waals surface area contributed by atoms with Crippen LogP contribution in [-0.2, 0) is 7.05 Å². The molecule has 0 aromatic carbocycles. The van der Waals surface area contributed by atoms with Gasteiger partial charge < -0.3 is 0 Å². The minimum atomic E-state index is 0.955. The van der Waals surface area contributed by atoms with Gasteiger partial charge in [-0.15, -0.1) is 0 Å². The molecule has 70 valence electrons. The highest BCUT2D eigenvalue weighted by molar-refractivity contribution is 5.67. The number of hydrogen-bond acceptors (Lipinski definition) is 2. The van der Waals surface area contributed by atoms with Gasteiger partial charge in [0.15, 0.2) is 0 Å². The average Bonchev–Trinajstić information content (AvgIpc) is 2.63. The zero-order chi connectivity index (χ0) is 9.80. The Bertz CT molecular complexity index is 429. The fraction of sp³-hybridized carbons (Fsp3) is 0.0909. The molecule has 2 aromatic heterocycles. The predicted octanol–water partition coefficient (Wildman–Crippen LogP) is 1.99. The summed E-state index contributed by atoms with van der Waals surface area (Å²) in [5, 5.41) is 4.24. The summed E-state index contributed by atoms with van der Waals surface area (Å²) >= 11 is 0. The van der Waals surface area contributed by atoms with Crippen LogP contribution in [0, 0.1) is 0 Å². The first-order valence-electron chi connectivity index (χ1n) is 4.42. The Labute approximate surface area is 82.7 Å². The topological polar surface area (TPSA) is 30.7 Å². The van der Waals surface area contributed by atoms with Crippen LogP contribution in [0.25, 0.3) is 12.2 Å². The Morgan fingerprint density at radius 1 is 1.29 bits per heavy atom. The van der Waals surface area contributed by atoms with Gasteiger partial charge in [-0.25, -0.2) is 0 Å². The maximum Gasteiger partial charge on any atom is 0.0850 e. The van der Waals surface area contributed by atoms with Gasteiger partial charge in [0.1, 0.15) is 0 Å². The van der Waals surface area contributed by atoms with E-state index in [1.165, 1.54) is 0 Å². The summed E-state index contributed by atoms with van der Waals surface area (Å²) in [6, 6.07) is 5.89. The van der Waals surface area contributed by atoms with Crippen LogP contribution in [0.4, 0.5) is 0 Å². The molecule has 0 bridgehead atoms. The average molecular weight is 185 g/mol. The highest BCUT2D eigenvalue weighted by atomic mass is 15.2. The van der Waals surface area contributed by atoms with Crippen LogP contribution in [0.3, 0.4) is 0 Å². The van der Waals surface area contributed by atoms with Crippen LogP contribution in [0.2, 0.25) is 0 Å².